The Hall–Kier alpha value is -2.90. The normalized spacial score (nSPS) is 17.7. The van der Waals surface area contributed by atoms with Gasteiger partial charge in [0, 0.05) is 37.9 Å². The van der Waals surface area contributed by atoms with Crippen LogP contribution in [0.3, 0.4) is 0 Å². The minimum atomic E-state index is -0.116. The van der Waals surface area contributed by atoms with Crippen molar-refractivity contribution in [3.05, 3.63) is 55.0 Å². The van der Waals surface area contributed by atoms with E-state index < -0.39 is 0 Å². The van der Waals surface area contributed by atoms with Gasteiger partial charge in [0.25, 0.3) is 5.91 Å². The predicted octanol–water partition coefficient (Wildman–Crippen LogP) is 1.04. The van der Waals surface area contributed by atoms with Gasteiger partial charge in [0.05, 0.1) is 12.8 Å². The molecule has 23 heavy (non-hydrogen) atoms. The highest BCUT2D eigenvalue weighted by atomic mass is 16.3. The topological polar surface area (TPSA) is 82.0 Å². The van der Waals surface area contributed by atoms with E-state index in [1.165, 1.54) is 12.6 Å². The first-order valence-electron chi connectivity index (χ1n) is 7.45. The van der Waals surface area contributed by atoms with E-state index >= 15 is 0 Å². The lowest BCUT2D eigenvalue weighted by atomic mass is 10.1. The zero-order chi connectivity index (χ0) is 15.6. The number of imidazole rings is 1. The van der Waals surface area contributed by atoms with Gasteiger partial charge < -0.3 is 13.9 Å². The molecule has 0 saturated carbocycles. The number of carbonyl (C=O) groups is 1. The van der Waals surface area contributed by atoms with E-state index in [9.17, 15) is 4.79 Å². The first-order chi connectivity index (χ1) is 11.3. The number of rotatable bonds is 3. The molecule has 1 atom stereocenters. The molecule has 0 saturated heterocycles. The third kappa shape index (κ3) is 2.75. The molecule has 1 amide bonds. The molecule has 0 fully saturated rings. The van der Waals surface area contributed by atoms with Crippen LogP contribution in [0.15, 0.2) is 47.9 Å². The summed E-state index contributed by atoms with van der Waals surface area (Å²) in [5.41, 5.74) is 0. The van der Waals surface area contributed by atoms with Crippen molar-refractivity contribution in [3.8, 4) is 0 Å². The molecule has 1 aliphatic heterocycles. The maximum absolute atomic E-state index is 12.7. The Kier molecular flexibility index (Phi) is 3.41. The van der Waals surface area contributed by atoms with Crippen LogP contribution in [-0.4, -0.2) is 41.7 Å². The Labute approximate surface area is 132 Å². The molecule has 4 rings (SSSR count). The smallest absolute Gasteiger partial charge is 0.289 e. The van der Waals surface area contributed by atoms with Crippen LogP contribution < -0.4 is 0 Å². The molecule has 0 spiro atoms. The van der Waals surface area contributed by atoms with Crippen LogP contribution in [0.25, 0.3) is 0 Å². The lowest BCUT2D eigenvalue weighted by Crippen LogP contribution is -2.35. The molecule has 0 bridgehead atoms. The average Bonchev–Trinajstić information content (AvgIpc) is 3.28. The summed E-state index contributed by atoms with van der Waals surface area (Å²) >= 11 is 0. The van der Waals surface area contributed by atoms with Crippen molar-refractivity contribution in [1.29, 1.82) is 0 Å². The van der Waals surface area contributed by atoms with Crippen LogP contribution in [0.2, 0.25) is 0 Å². The van der Waals surface area contributed by atoms with Crippen molar-refractivity contribution in [2.24, 2.45) is 5.92 Å². The molecule has 8 heteroatoms. The number of furan rings is 1. The maximum atomic E-state index is 12.7. The van der Waals surface area contributed by atoms with Gasteiger partial charge in [-0.25, -0.2) is 9.97 Å². The zero-order valence-electron chi connectivity index (χ0n) is 12.4. The predicted molar refractivity (Wildman–Crippen MR) is 79.2 cm³/mol. The Balaban J connectivity index is 1.60. The van der Waals surface area contributed by atoms with Crippen LogP contribution in [-0.2, 0) is 19.6 Å². The van der Waals surface area contributed by atoms with Crippen LogP contribution >= 0.6 is 0 Å². The summed E-state index contributed by atoms with van der Waals surface area (Å²) < 4.78 is 9.14. The van der Waals surface area contributed by atoms with Crippen molar-refractivity contribution in [3.63, 3.8) is 0 Å². The fourth-order valence-corrected chi connectivity index (χ4v) is 2.96. The first kappa shape index (κ1) is 13.7. The Morgan fingerprint density at radius 2 is 2.35 bits per heavy atom. The summed E-state index contributed by atoms with van der Waals surface area (Å²) in [5.74, 6) is 1.33. The first-order valence-corrected chi connectivity index (χ1v) is 7.45. The molecular weight excluding hydrogens is 296 g/mol. The van der Waals surface area contributed by atoms with E-state index in [1.54, 1.807) is 34.2 Å². The van der Waals surface area contributed by atoms with Gasteiger partial charge in [-0.3, -0.25) is 9.48 Å². The third-order valence-corrected chi connectivity index (χ3v) is 4.00. The van der Waals surface area contributed by atoms with Crippen molar-refractivity contribution in [2.75, 3.05) is 6.54 Å². The number of carbonyl (C=O) groups excluding carboxylic acids is 1. The van der Waals surface area contributed by atoms with Crippen molar-refractivity contribution in [1.82, 2.24) is 29.2 Å². The van der Waals surface area contributed by atoms with Crippen LogP contribution in [0.5, 0.6) is 0 Å². The summed E-state index contributed by atoms with van der Waals surface area (Å²) in [5, 5.41) is 4.16. The summed E-state index contributed by atoms with van der Waals surface area (Å²) in [6.07, 6.45) is 8.44. The van der Waals surface area contributed by atoms with Crippen molar-refractivity contribution >= 4 is 5.91 Å². The maximum Gasteiger partial charge on any atom is 0.289 e. The largest absolute Gasteiger partial charge is 0.459 e. The van der Waals surface area contributed by atoms with Gasteiger partial charge in [-0.1, -0.05) is 0 Å². The second-order valence-electron chi connectivity index (χ2n) is 5.64. The van der Waals surface area contributed by atoms with Gasteiger partial charge >= 0.3 is 0 Å². The fourth-order valence-electron chi connectivity index (χ4n) is 2.96. The second-order valence-corrected chi connectivity index (χ2v) is 5.64. The van der Waals surface area contributed by atoms with Crippen molar-refractivity contribution < 1.29 is 9.21 Å². The molecule has 8 nitrogen and oxygen atoms in total. The minimum absolute atomic E-state index is 0.116. The number of hydrogen-bond donors (Lipinski definition) is 0. The molecule has 1 unspecified atom stereocenters. The molecule has 0 N–H and O–H groups in total. The number of amides is 1. The lowest BCUT2D eigenvalue weighted by molar-refractivity contribution is 0.0680. The summed E-state index contributed by atoms with van der Waals surface area (Å²) in [7, 11) is 0. The molecular formula is C15H16N6O2. The Morgan fingerprint density at radius 3 is 3.13 bits per heavy atom. The third-order valence-electron chi connectivity index (χ3n) is 4.00. The van der Waals surface area contributed by atoms with Gasteiger partial charge in [0.15, 0.2) is 5.76 Å². The lowest BCUT2D eigenvalue weighted by Gasteiger charge is -2.23. The molecule has 0 aromatic carbocycles. The molecule has 0 radical (unpaired) electrons. The van der Waals surface area contributed by atoms with E-state index in [2.05, 4.69) is 19.6 Å². The van der Waals surface area contributed by atoms with E-state index in [4.69, 9.17) is 4.42 Å². The number of aromatic nitrogens is 5. The summed E-state index contributed by atoms with van der Waals surface area (Å²) in [6, 6.07) is 3.41. The molecule has 118 valence electrons. The second kappa shape index (κ2) is 5.71. The van der Waals surface area contributed by atoms with Gasteiger partial charge in [0.2, 0.25) is 0 Å². The highest BCUT2D eigenvalue weighted by Gasteiger charge is 2.27. The monoisotopic (exact) mass is 312 g/mol. The standard InChI is InChI=1S/C15H16N6O2/c22-15(13-2-1-5-23-13)20-7-12(8-21-11-16-10-18-21)6-19-4-3-17-14(19)9-20/h1-5,10-12H,6-9H2. The highest BCUT2D eigenvalue weighted by molar-refractivity contribution is 5.91. The number of nitrogens with zero attached hydrogens (tertiary/aromatic N) is 6. The van der Waals surface area contributed by atoms with Crippen LogP contribution in [0.4, 0.5) is 0 Å². The van der Waals surface area contributed by atoms with Gasteiger partial charge in [-0.15, -0.1) is 0 Å². The summed E-state index contributed by atoms with van der Waals surface area (Å²) in [4.78, 5) is 22.8. The quantitative estimate of drug-likeness (QED) is 0.721. The molecule has 1 aliphatic rings. The van der Waals surface area contributed by atoms with E-state index in [-0.39, 0.29) is 11.8 Å². The molecule has 3 aromatic heterocycles. The molecule has 4 heterocycles. The SMILES string of the molecule is O=C(c1ccco1)N1Cc2nccn2CC(Cn2cncn2)C1. The Morgan fingerprint density at radius 1 is 1.39 bits per heavy atom. The van der Waals surface area contributed by atoms with E-state index in [1.807, 2.05) is 6.20 Å². The van der Waals surface area contributed by atoms with Crippen LogP contribution in [0.1, 0.15) is 16.4 Å². The highest BCUT2D eigenvalue weighted by Crippen LogP contribution is 2.19. The van der Waals surface area contributed by atoms with Crippen LogP contribution in [0, 0.1) is 5.92 Å². The zero-order valence-corrected chi connectivity index (χ0v) is 12.4. The summed E-state index contributed by atoms with van der Waals surface area (Å²) in [6.45, 7) is 2.57. The average molecular weight is 312 g/mol. The number of hydrogen-bond acceptors (Lipinski definition) is 5. The van der Waals surface area contributed by atoms with E-state index in [0.29, 0.717) is 25.4 Å². The van der Waals surface area contributed by atoms with Gasteiger partial charge in [-0.05, 0) is 12.1 Å². The van der Waals surface area contributed by atoms with Crippen molar-refractivity contribution in [2.45, 2.75) is 19.6 Å². The Bertz CT molecular complexity index is 777. The number of fused-ring (bicyclic) bond motifs is 1. The molecule has 3 aromatic rings. The fraction of sp³-hybridized carbons (Fsp3) is 0.333. The van der Waals surface area contributed by atoms with Gasteiger partial charge in [-0.2, -0.15) is 5.10 Å². The van der Waals surface area contributed by atoms with Gasteiger partial charge in [0.1, 0.15) is 18.5 Å². The minimum Gasteiger partial charge on any atom is -0.459 e. The molecule has 0 aliphatic carbocycles. The van der Waals surface area contributed by atoms with E-state index in [0.717, 1.165) is 12.4 Å².